The van der Waals surface area contributed by atoms with Crippen molar-refractivity contribution in [3.8, 4) is 0 Å². The molecule has 26 atom stereocenters. The van der Waals surface area contributed by atoms with Gasteiger partial charge >= 0.3 is 17.9 Å². The molecular weight excluding hydrogens is 1050 g/mol. The van der Waals surface area contributed by atoms with Crippen LogP contribution in [0.3, 0.4) is 0 Å². The first-order valence-electron chi connectivity index (χ1n) is 28.1. The zero-order chi connectivity index (χ0) is 59.3. The first kappa shape index (κ1) is 63.0. The summed E-state index contributed by atoms with van der Waals surface area (Å²) in [5.41, 5.74) is -4.40. The number of ether oxygens (including phenoxy) is 8. The zero-order valence-electron chi connectivity index (χ0n) is 47.7. The molecule has 80 heavy (non-hydrogen) atoms. The van der Waals surface area contributed by atoms with Gasteiger partial charge in [0, 0.05) is 22.0 Å². The molecule has 0 aromatic carbocycles. The number of rotatable bonds is 14. The number of carbonyl (C=O) groups excluding carboxylic acids is 2. The molecule has 3 heterocycles. The van der Waals surface area contributed by atoms with Crippen molar-refractivity contribution >= 4 is 17.9 Å². The van der Waals surface area contributed by atoms with Gasteiger partial charge < -0.3 is 99.2 Å². The van der Waals surface area contributed by atoms with Gasteiger partial charge in [0.15, 0.2) is 31.1 Å². The molecule has 0 radical (unpaired) electrons. The van der Waals surface area contributed by atoms with Crippen LogP contribution in [-0.4, -0.2) is 216 Å². The summed E-state index contributed by atoms with van der Waals surface area (Å²) in [5, 5.41) is 134. The highest BCUT2D eigenvalue weighted by atomic mass is 16.8. The number of carboxylic acid groups (broad SMARTS) is 1. The Morgan fingerprint density at radius 1 is 0.637 bits per heavy atom. The predicted molar refractivity (Wildman–Crippen MR) is 277 cm³/mol. The molecule has 3 aliphatic heterocycles. The molecule has 23 nitrogen and oxygen atoms in total. The van der Waals surface area contributed by atoms with Crippen molar-refractivity contribution in [1.82, 2.24) is 0 Å². The van der Waals surface area contributed by atoms with Gasteiger partial charge in [-0.25, -0.2) is 14.4 Å². The van der Waals surface area contributed by atoms with Crippen molar-refractivity contribution in [1.29, 1.82) is 0 Å². The number of hydrogen-bond acceptors (Lipinski definition) is 22. The van der Waals surface area contributed by atoms with Crippen LogP contribution in [0, 0.1) is 50.2 Å². The van der Waals surface area contributed by atoms with Gasteiger partial charge in [0.25, 0.3) is 0 Å². The number of aliphatic hydroxyl groups excluding tert-OH is 11. The molecule has 23 heteroatoms. The fourth-order valence-corrected chi connectivity index (χ4v) is 16.2. The lowest BCUT2D eigenvalue weighted by Crippen LogP contribution is -2.76. The average Bonchev–Trinajstić information content (AvgIpc) is 3.14. The van der Waals surface area contributed by atoms with E-state index in [0.29, 0.717) is 37.7 Å². The normalized spacial score (nSPS) is 49.0. The maximum Gasteiger partial charge on any atom is 0.335 e. The smallest absolute Gasteiger partial charge is 0.335 e. The molecule has 5 aliphatic carbocycles. The van der Waals surface area contributed by atoms with Gasteiger partial charge in [-0.15, -0.1) is 0 Å². The van der Waals surface area contributed by atoms with Gasteiger partial charge in [0.05, 0.1) is 43.5 Å². The molecule has 0 spiro atoms. The van der Waals surface area contributed by atoms with Crippen LogP contribution in [0.15, 0.2) is 34.9 Å². The highest BCUT2D eigenvalue weighted by Crippen LogP contribution is 2.76. The van der Waals surface area contributed by atoms with E-state index in [1.54, 1.807) is 39.8 Å². The lowest BCUT2D eigenvalue weighted by molar-refractivity contribution is -0.386. The topological polar surface area (TPSA) is 368 Å². The molecule has 0 aromatic rings. The van der Waals surface area contributed by atoms with Crippen molar-refractivity contribution in [3.63, 3.8) is 0 Å². The van der Waals surface area contributed by atoms with Gasteiger partial charge in [0.1, 0.15) is 67.1 Å². The quantitative estimate of drug-likeness (QED) is 0.0480. The van der Waals surface area contributed by atoms with Crippen LogP contribution in [0.25, 0.3) is 0 Å². The molecule has 4 saturated carbocycles. The Morgan fingerprint density at radius 3 is 1.71 bits per heavy atom. The molecule has 0 amide bonds. The van der Waals surface area contributed by atoms with E-state index in [9.17, 15) is 75.7 Å². The van der Waals surface area contributed by atoms with Gasteiger partial charge in [-0.2, -0.15) is 0 Å². The standard InChI is InChI=1S/C57H88O23/c1-12-24(3)47(71)79-44-45(80-48(72)25(4)13-2)57(23-60)27(20-52(44,5)6)26-14-15-31-54(9)18-17-32(53(7,8)30(54)16-19-55(31,10)56(26,11)42(67)43(57)68)75-51-41(78-50-37(65)35(63)33(61)28(21-58)73-50)39(38(66)40(77-51)46(69)70)76-49-36(64)34(62)29(22-59)74-49/h12-14,27-45,49-51,58-68H,15-23H2,1-11H3,(H,69,70)/b24-12+,25-13-/t27-,28+,29-,30-,31+,32-,33-,34-,35-,36+,37+,38-,39-,40-,41+,42-,43+,44-,45-,49-,50-,51+,54-,55+,56-,57-/m0/s1. The molecule has 8 rings (SSSR count). The summed E-state index contributed by atoms with van der Waals surface area (Å²) in [6.45, 7) is 18.4. The minimum Gasteiger partial charge on any atom is -0.479 e. The van der Waals surface area contributed by atoms with E-state index in [0.717, 1.165) is 5.57 Å². The molecule has 0 unspecified atom stereocenters. The summed E-state index contributed by atoms with van der Waals surface area (Å²) >= 11 is 0. The summed E-state index contributed by atoms with van der Waals surface area (Å²) in [4.78, 5) is 40.3. The zero-order valence-corrected chi connectivity index (χ0v) is 47.7. The van der Waals surface area contributed by atoms with Gasteiger partial charge in [0.2, 0.25) is 0 Å². The lowest BCUT2D eigenvalue weighted by Gasteiger charge is -2.73. The first-order chi connectivity index (χ1) is 37.3. The Balaban J connectivity index is 1.14. The Hall–Kier alpha value is -3.05. The third kappa shape index (κ3) is 9.76. The van der Waals surface area contributed by atoms with Crippen LogP contribution in [0.1, 0.15) is 115 Å². The van der Waals surface area contributed by atoms with Crippen LogP contribution < -0.4 is 0 Å². The van der Waals surface area contributed by atoms with E-state index in [2.05, 4.69) is 19.9 Å². The molecule has 0 aromatic heterocycles. The minimum atomic E-state index is -2.13. The lowest BCUT2D eigenvalue weighted by atomic mass is 9.32. The molecule has 454 valence electrons. The van der Waals surface area contributed by atoms with Gasteiger partial charge in [-0.1, -0.05) is 72.3 Å². The average molecular weight is 1140 g/mol. The summed E-state index contributed by atoms with van der Waals surface area (Å²) in [5.74, 6) is -4.01. The van der Waals surface area contributed by atoms with Crippen molar-refractivity contribution in [2.24, 2.45) is 50.2 Å². The van der Waals surface area contributed by atoms with Crippen molar-refractivity contribution < 1.29 is 114 Å². The van der Waals surface area contributed by atoms with Crippen molar-refractivity contribution in [3.05, 3.63) is 34.9 Å². The number of esters is 2. The summed E-state index contributed by atoms with van der Waals surface area (Å²) in [7, 11) is 0. The summed E-state index contributed by atoms with van der Waals surface area (Å²) in [6.07, 6.45) is -24.0. The number of aliphatic hydroxyl groups is 11. The fourth-order valence-electron chi connectivity index (χ4n) is 16.2. The molecule has 0 bridgehead atoms. The van der Waals surface area contributed by atoms with Crippen LogP contribution >= 0.6 is 0 Å². The monoisotopic (exact) mass is 1140 g/mol. The molecular formula is C57H88O23. The molecule has 8 aliphatic rings. The largest absolute Gasteiger partial charge is 0.479 e. The van der Waals surface area contributed by atoms with E-state index >= 15 is 0 Å². The summed E-state index contributed by atoms with van der Waals surface area (Å²) in [6, 6.07) is 0. The van der Waals surface area contributed by atoms with Crippen molar-refractivity contribution in [2.75, 3.05) is 19.8 Å². The van der Waals surface area contributed by atoms with Crippen LogP contribution in [0.4, 0.5) is 0 Å². The van der Waals surface area contributed by atoms with Crippen LogP contribution in [0.5, 0.6) is 0 Å². The number of aliphatic carboxylic acids is 1. The maximum atomic E-state index is 13.9. The highest BCUT2D eigenvalue weighted by molar-refractivity contribution is 5.89. The third-order valence-corrected chi connectivity index (χ3v) is 21.4. The number of allylic oxidation sites excluding steroid dienone is 3. The number of carbonyl (C=O) groups is 3. The van der Waals surface area contributed by atoms with E-state index in [1.165, 1.54) is 0 Å². The van der Waals surface area contributed by atoms with Gasteiger partial charge in [-0.05, 0) is 100 Å². The van der Waals surface area contributed by atoms with Gasteiger partial charge in [-0.3, -0.25) is 0 Å². The van der Waals surface area contributed by atoms with E-state index in [-0.39, 0.29) is 23.8 Å². The second-order valence-corrected chi connectivity index (χ2v) is 26.0. The molecule has 12 N–H and O–H groups in total. The maximum absolute atomic E-state index is 13.9. The van der Waals surface area contributed by atoms with E-state index in [4.69, 9.17) is 37.9 Å². The third-order valence-electron chi connectivity index (χ3n) is 21.4. The van der Waals surface area contributed by atoms with E-state index in [1.807, 2.05) is 34.6 Å². The Kier molecular flexibility index (Phi) is 17.9. The second-order valence-electron chi connectivity index (χ2n) is 26.0. The number of carboxylic acids is 1. The number of hydrogen-bond donors (Lipinski definition) is 12. The summed E-state index contributed by atoms with van der Waals surface area (Å²) < 4.78 is 49.0. The predicted octanol–water partition coefficient (Wildman–Crippen LogP) is 0.263. The molecule has 3 saturated heterocycles. The van der Waals surface area contributed by atoms with Crippen molar-refractivity contribution in [2.45, 2.75) is 231 Å². The minimum absolute atomic E-state index is 0.153. The van der Waals surface area contributed by atoms with E-state index < -0.39 is 193 Å². The highest BCUT2D eigenvalue weighted by Gasteiger charge is 2.76. The Labute approximate surface area is 466 Å². The molecule has 7 fully saturated rings. The van der Waals surface area contributed by atoms with Crippen LogP contribution in [0.2, 0.25) is 0 Å². The second kappa shape index (κ2) is 22.7. The first-order valence-corrected chi connectivity index (χ1v) is 28.1. The Bertz CT molecular complexity index is 2390. The number of fused-ring (bicyclic) bond motifs is 7. The Morgan fingerprint density at radius 2 is 1.18 bits per heavy atom. The van der Waals surface area contributed by atoms with Crippen LogP contribution in [-0.2, 0) is 52.3 Å². The fraction of sp³-hybridized carbons (Fsp3) is 0.842. The SMILES string of the molecule is C/C=C(/C)C(=O)O[C@H]1[C@H](OC(=O)/C(C)=C/C)C(C)(C)C[C@H]2C3=CC[C@@H]4[C@@]5(C)CC[C@H](O[C@@H]6O[C@H](C(=O)O)[C@@H](O)[C@H](O[C@@H]7O[C@@H](CO)[C@H](O)[C@H]7O)[C@H]6O[C@@H]6O[C@H](CO)[C@H](O)[C@H](O)[C@H]6O)C(C)(C)[C@@H]5CC[C@@]4(C)[C@]3(C)[C@@H](O)[C@@H](O)[C@]21CO.